The van der Waals surface area contributed by atoms with E-state index in [1.807, 2.05) is 0 Å². The Morgan fingerprint density at radius 1 is 0.842 bits per heavy atom. The molecule has 0 saturated carbocycles. The van der Waals surface area contributed by atoms with Crippen molar-refractivity contribution < 1.29 is 26.3 Å². The van der Waals surface area contributed by atoms with Crippen LogP contribution in [-0.2, 0) is 6.18 Å². The lowest BCUT2D eigenvalue weighted by Gasteiger charge is -2.09. The molecule has 0 fully saturated rings. The van der Waals surface area contributed by atoms with Gasteiger partial charge in [-0.05, 0) is 24.3 Å². The monoisotopic (exact) mass is 277 g/mol. The van der Waals surface area contributed by atoms with Crippen LogP contribution in [0.25, 0.3) is 11.3 Å². The van der Waals surface area contributed by atoms with Crippen LogP contribution in [0.2, 0.25) is 0 Å². The van der Waals surface area contributed by atoms with Crippen molar-refractivity contribution in [1.82, 2.24) is 4.98 Å². The molecule has 2 aromatic rings. The molecule has 19 heavy (non-hydrogen) atoms. The van der Waals surface area contributed by atoms with Gasteiger partial charge in [0.05, 0.1) is 5.69 Å². The fourth-order valence-electron chi connectivity index (χ4n) is 1.49. The maximum atomic E-state index is 13.4. The van der Waals surface area contributed by atoms with E-state index in [4.69, 9.17) is 0 Å². The van der Waals surface area contributed by atoms with Crippen molar-refractivity contribution in [3.63, 3.8) is 0 Å². The van der Waals surface area contributed by atoms with Gasteiger partial charge in [-0.3, -0.25) is 0 Å². The number of nitrogens with zero attached hydrogens (tertiary/aromatic N) is 1. The number of aromatic nitrogens is 1. The molecule has 0 amide bonds. The number of hydrogen-bond acceptors (Lipinski definition) is 1. The second-order valence-corrected chi connectivity index (χ2v) is 3.63. The van der Waals surface area contributed by atoms with E-state index in [2.05, 4.69) is 4.98 Å². The SMILES string of the molecule is Fc1ccc(-c2cccc(F)c2F)nc1C(F)(F)F. The van der Waals surface area contributed by atoms with Crippen molar-refractivity contribution in [2.75, 3.05) is 0 Å². The van der Waals surface area contributed by atoms with Crippen molar-refractivity contribution in [1.29, 1.82) is 0 Å². The first kappa shape index (κ1) is 13.4. The van der Waals surface area contributed by atoms with Crippen LogP contribution in [0.4, 0.5) is 26.3 Å². The lowest BCUT2D eigenvalue weighted by molar-refractivity contribution is -0.143. The van der Waals surface area contributed by atoms with Gasteiger partial charge in [0.2, 0.25) is 0 Å². The molecule has 2 rings (SSSR count). The van der Waals surface area contributed by atoms with Crippen LogP contribution in [0.15, 0.2) is 30.3 Å². The van der Waals surface area contributed by atoms with Crippen molar-refractivity contribution in [3.05, 3.63) is 53.5 Å². The molecule has 0 bridgehead atoms. The van der Waals surface area contributed by atoms with Crippen LogP contribution in [-0.4, -0.2) is 4.98 Å². The molecule has 0 aliphatic heterocycles. The average molecular weight is 277 g/mol. The molecule has 0 saturated heterocycles. The van der Waals surface area contributed by atoms with E-state index in [1.165, 1.54) is 0 Å². The number of rotatable bonds is 1. The second-order valence-electron chi connectivity index (χ2n) is 3.63. The molecular formula is C12H5F6N. The molecule has 100 valence electrons. The van der Waals surface area contributed by atoms with Crippen LogP contribution in [0.1, 0.15) is 5.69 Å². The summed E-state index contributed by atoms with van der Waals surface area (Å²) in [6, 6.07) is 4.34. The quantitative estimate of drug-likeness (QED) is 0.712. The summed E-state index contributed by atoms with van der Waals surface area (Å²) in [6.45, 7) is 0. The Morgan fingerprint density at radius 2 is 1.53 bits per heavy atom. The summed E-state index contributed by atoms with van der Waals surface area (Å²) in [7, 11) is 0. The zero-order chi connectivity index (χ0) is 14.2. The van der Waals surface area contributed by atoms with Crippen LogP contribution in [0, 0.1) is 17.5 Å². The normalized spacial score (nSPS) is 11.7. The Morgan fingerprint density at radius 3 is 2.16 bits per heavy atom. The first-order chi connectivity index (χ1) is 8.80. The molecule has 1 aromatic carbocycles. The van der Waals surface area contributed by atoms with Gasteiger partial charge in [-0.2, -0.15) is 13.2 Å². The minimum atomic E-state index is -5.01. The standard InChI is InChI=1S/C12H5F6N/c13-7-3-1-2-6(10(7)15)9-5-4-8(14)11(19-9)12(16,17)18/h1-5H. The highest BCUT2D eigenvalue weighted by Gasteiger charge is 2.36. The fraction of sp³-hybridized carbons (Fsp3) is 0.0833. The van der Waals surface area contributed by atoms with Crippen LogP contribution >= 0.6 is 0 Å². The highest BCUT2D eigenvalue weighted by Crippen LogP contribution is 2.32. The number of alkyl halides is 3. The Kier molecular flexibility index (Phi) is 3.21. The lowest BCUT2D eigenvalue weighted by Crippen LogP contribution is -2.11. The highest BCUT2D eigenvalue weighted by molar-refractivity contribution is 5.60. The highest BCUT2D eigenvalue weighted by atomic mass is 19.4. The summed E-state index contributed by atoms with van der Waals surface area (Å²) in [5.41, 5.74) is -2.73. The maximum Gasteiger partial charge on any atom is 0.436 e. The molecule has 0 spiro atoms. The molecule has 1 heterocycles. The van der Waals surface area contributed by atoms with Gasteiger partial charge >= 0.3 is 6.18 Å². The van der Waals surface area contributed by atoms with Crippen LogP contribution in [0.5, 0.6) is 0 Å². The third-order valence-corrected chi connectivity index (χ3v) is 2.34. The zero-order valence-electron chi connectivity index (χ0n) is 9.10. The van der Waals surface area contributed by atoms with Gasteiger partial charge in [0.25, 0.3) is 0 Å². The predicted molar refractivity (Wildman–Crippen MR) is 54.5 cm³/mol. The zero-order valence-corrected chi connectivity index (χ0v) is 9.10. The first-order valence-electron chi connectivity index (χ1n) is 4.99. The van der Waals surface area contributed by atoms with Crippen LogP contribution < -0.4 is 0 Å². The third kappa shape index (κ3) is 2.54. The first-order valence-corrected chi connectivity index (χ1v) is 4.99. The minimum absolute atomic E-state index is 0.467. The number of hydrogen-bond donors (Lipinski definition) is 0. The summed E-state index contributed by atoms with van der Waals surface area (Å²) in [6.07, 6.45) is -5.01. The van der Waals surface area contributed by atoms with E-state index < -0.39 is 40.6 Å². The van der Waals surface area contributed by atoms with E-state index in [9.17, 15) is 26.3 Å². The summed E-state index contributed by atoms with van der Waals surface area (Å²) < 4.78 is 76.8. The van der Waals surface area contributed by atoms with E-state index in [0.717, 1.165) is 24.3 Å². The van der Waals surface area contributed by atoms with E-state index in [-0.39, 0.29) is 0 Å². The molecule has 0 radical (unpaired) electrons. The lowest BCUT2D eigenvalue weighted by atomic mass is 10.1. The summed E-state index contributed by atoms with van der Waals surface area (Å²) in [5.74, 6) is -4.14. The van der Waals surface area contributed by atoms with Crippen molar-refractivity contribution in [2.24, 2.45) is 0 Å². The molecule has 7 heteroatoms. The molecule has 0 N–H and O–H groups in total. The number of halogens is 6. The fourth-order valence-corrected chi connectivity index (χ4v) is 1.49. The van der Waals surface area contributed by atoms with Crippen molar-refractivity contribution in [2.45, 2.75) is 6.18 Å². The number of pyridine rings is 1. The van der Waals surface area contributed by atoms with E-state index in [1.54, 1.807) is 0 Å². The smallest absolute Gasteiger partial charge is 0.240 e. The molecule has 0 aliphatic carbocycles. The molecule has 1 nitrogen and oxygen atoms in total. The van der Waals surface area contributed by atoms with Gasteiger partial charge < -0.3 is 0 Å². The Balaban J connectivity index is 2.62. The number of benzene rings is 1. The Hall–Kier alpha value is -2.05. The van der Waals surface area contributed by atoms with Gasteiger partial charge in [0.1, 0.15) is 0 Å². The third-order valence-electron chi connectivity index (χ3n) is 2.34. The van der Waals surface area contributed by atoms with Gasteiger partial charge in [0.15, 0.2) is 23.1 Å². The largest absolute Gasteiger partial charge is 0.436 e. The second kappa shape index (κ2) is 4.56. The minimum Gasteiger partial charge on any atom is -0.240 e. The molecular weight excluding hydrogens is 272 g/mol. The molecule has 0 atom stereocenters. The Bertz CT molecular complexity index is 620. The molecule has 1 aromatic heterocycles. The van der Waals surface area contributed by atoms with E-state index in [0.29, 0.717) is 6.07 Å². The van der Waals surface area contributed by atoms with Crippen molar-refractivity contribution in [3.8, 4) is 11.3 Å². The molecule has 0 unspecified atom stereocenters. The van der Waals surface area contributed by atoms with Crippen LogP contribution in [0.3, 0.4) is 0 Å². The maximum absolute atomic E-state index is 13.4. The topological polar surface area (TPSA) is 12.9 Å². The average Bonchev–Trinajstić information content (AvgIpc) is 2.32. The molecule has 0 aliphatic rings. The van der Waals surface area contributed by atoms with Gasteiger partial charge in [-0.25, -0.2) is 18.2 Å². The summed E-state index contributed by atoms with van der Waals surface area (Å²) >= 11 is 0. The van der Waals surface area contributed by atoms with Gasteiger partial charge in [0, 0.05) is 5.56 Å². The van der Waals surface area contributed by atoms with E-state index >= 15 is 0 Å². The summed E-state index contributed by atoms with van der Waals surface area (Å²) in [5, 5.41) is 0. The summed E-state index contributed by atoms with van der Waals surface area (Å²) in [4.78, 5) is 3.01. The van der Waals surface area contributed by atoms with Crippen molar-refractivity contribution >= 4 is 0 Å². The van der Waals surface area contributed by atoms with Gasteiger partial charge in [-0.15, -0.1) is 0 Å². The predicted octanol–water partition coefficient (Wildman–Crippen LogP) is 4.18. The Labute approximate surface area is 103 Å². The van der Waals surface area contributed by atoms with Gasteiger partial charge in [-0.1, -0.05) is 6.07 Å².